The standard InChI is InChI=1S/C20H17ClFN3O3S/c1-27-14-4-3-12(17(9-14)28-2)11-29-20-15(10-16(22)18(21)25-20)19(26)24-13-5-7-23-8-6-13/h3-10H,11H2,1-2H3,(H,23,24,26). The van der Waals surface area contributed by atoms with Gasteiger partial charge < -0.3 is 14.8 Å². The Morgan fingerprint density at radius 3 is 2.62 bits per heavy atom. The summed E-state index contributed by atoms with van der Waals surface area (Å²) in [5, 5.41) is 2.71. The number of benzene rings is 1. The highest BCUT2D eigenvalue weighted by Crippen LogP contribution is 2.33. The molecule has 150 valence electrons. The van der Waals surface area contributed by atoms with Crippen LogP contribution in [-0.2, 0) is 5.75 Å². The Morgan fingerprint density at radius 1 is 1.17 bits per heavy atom. The van der Waals surface area contributed by atoms with Crippen molar-refractivity contribution in [2.75, 3.05) is 19.5 Å². The average molecular weight is 434 g/mol. The second-order valence-corrected chi connectivity index (χ2v) is 7.09. The monoisotopic (exact) mass is 433 g/mol. The molecule has 1 amide bonds. The summed E-state index contributed by atoms with van der Waals surface area (Å²) in [5.41, 5.74) is 1.48. The molecule has 0 spiro atoms. The third-order valence-corrected chi connectivity index (χ3v) is 5.24. The van der Waals surface area contributed by atoms with Gasteiger partial charge >= 0.3 is 0 Å². The smallest absolute Gasteiger partial charge is 0.258 e. The molecular weight excluding hydrogens is 417 g/mol. The van der Waals surface area contributed by atoms with Crippen LogP contribution in [0, 0.1) is 5.82 Å². The van der Waals surface area contributed by atoms with Crippen molar-refractivity contribution in [3.8, 4) is 11.5 Å². The van der Waals surface area contributed by atoms with Gasteiger partial charge in [-0.3, -0.25) is 9.78 Å². The van der Waals surface area contributed by atoms with Gasteiger partial charge in [-0.25, -0.2) is 9.37 Å². The van der Waals surface area contributed by atoms with E-state index in [1.54, 1.807) is 50.9 Å². The third kappa shape index (κ3) is 5.16. The minimum Gasteiger partial charge on any atom is -0.497 e. The Kier molecular flexibility index (Phi) is 6.90. The van der Waals surface area contributed by atoms with Gasteiger partial charge in [-0.15, -0.1) is 11.8 Å². The molecule has 3 aromatic rings. The second kappa shape index (κ2) is 9.58. The van der Waals surface area contributed by atoms with Gasteiger partial charge in [-0.05, 0) is 24.3 Å². The second-order valence-electron chi connectivity index (χ2n) is 5.77. The maximum Gasteiger partial charge on any atom is 0.258 e. The SMILES string of the molecule is COc1ccc(CSc2nc(Cl)c(F)cc2C(=O)Nc2ccncc2)c(OC)c1. The Hall–Kier alpha value is -2.84. The van der Waals surface area contributed by atoms with Gasteiger partial charge in [0.05, 0.1) is 19.8 Å². The normalized spacial score (nSPS) is 10.5. The number of halogens is 2. The summed E-state index contributed by atoms with van der Waals surface area (Å²) < 4.78 is 24.6. The van der Waals surface area contributed by atoms with Crippen molar-refractivity contribution in [1.82, 2.24) is 9.97 Å². The average Bonchev–Trinajstić information content (AvgIpc) is 2.74. The topological polar surface area (TPSA) is 73.3 Å². The fourth-order valence-electron chi connectivity index (χ4n) is 2.47. The van der Waals surface area contributed by atoms with E-state index in [0.29, 0.717) is 28.0 Å². The molecule has 9 heteroatoms. The highest BCUT2D eigenvalue weighted by Gasteiger charge is 2.18. The van der Waals surface area contributed by atoms with Gasteiger partial charge in [0.1, 0.15) is 16.5 Å². The Labute approximate surface area is 176 Å². The van der Waals surface area contributed by atoms with E-state index in [-0.39, 0.29) is 10.7 Å². The van der Waals surface area contributed by atoms with Gasteiger partial charge in [-0.2, -0.15) is 0 Å². The fraction of sp³-hybridized carbons (Fsp3) is 0.150. The molecular formula is C20H17ClFN3O3S. The Balaban J connectivity index is 1.85. The van der Waals surface area contributed by atoms with Crippen molar-refractivity contribution >= 4 is 35.0 Å². The maximum absolute atomic E-state index is 14.0. The molecule has 0 unspecified atom stereocenters. The predicted octanol–water partition coefficient (Wildman–Crippen LogP) is 4.83. The van der Waals surface area contributed by atoms with E-state index in [1.165, 1.54) is 11.8 Å². The Bertz CT molecular complexity index is 1020. The van der Waals surface area contributed by atoms with Gasteiger partial charge in [0.2, 0.25) is 0 Å². The molecule has 1 N–H and O–H groups in total. The van der Waals surface area contributed by atoms with Crippen molar-refractivity contribution < 1.29 is 18.7 Å². The van der Waals surface area contributed by atoms with Gasteiger partial charge in [-0.1, -0.05) is 17.7 Å². The summed E-state index contributed by atoms with van der Waals surface area (Å²) in [5.74, 6) is 0.461. The van der Waals surface area contributed by atoms with Gasteiger partial charge in [0.25, 0.3) is 5.91 Å². The predicted molar refractivity (Wildman–Crippen MR) is 111 cm³/mol. The molecule has 29 heavy (non-hydrogen) atoms. The lowest BCUT2D eigenvalue weighted by Gasteiger charge is -2.12. The van der Waals surface area contributed by atoms with Crippen LogP contribution in [0.15, 0.2) is 53.8 Å². The largest absolute Gasteiger partial charge is 0.497 e. The summed E-state index contributed by atoms with van der Waals surface area (Å²) in [4.78, 5) is 20.6. The zero-order valence-electron chi connectivity index (χ0n) is 15.6. The molecule has 0 aliphatic rings. The number of nitrogens with one attached hydrogen (secondary N) is 1. The first kappa shape index (κ1) is 20.9. The highest BCUT2D eigenvalue weighted by molar-refractivity contribution is 7.98. The summed E-state index contributed by atoms with van der Waals surface area (Å²) >= 11 is 7.10. The maximum atomic E-state index is 14.0. The van der Waals surface area contributed by atoms with Crippen LogP contribution in [0.1, 0.15) is 15.9 Å². The number of methoxy groups -OCH3 is 2. The van der Waals surface area contributed by atoms with Crippen LogP contribution >= 0.6 is 23.4 Å². The molecule has 0 aliphatic carbocycles. The summed E-state index contributed by atoms with van der Waals surface area (Å²) in [6, 6.07) is 9.77. The molecule has 0 fully saturated rings. The number of aromatic nitrogens is 2. The number of rotatable bonds is 7. The van der Waals surface area contributed by atoms with Crippen molar-refractivity contribution in [3.05, 3.63) is 70.9 Å². The zero-order chi connectivity index (χ0) is 20.8. The summed E-state index contributed by atoms with van der Waals surface area (Å²) in [6.45, 7) is 0. The van der Waals surface area contributed by atoms with E-state index < -0.39 is 11.7 Å². The van der Waals surface area contributed by atoms with Crippen LogP contribution < -0.4 is 14.8 Å². The molecule has 2 heterocycles. The van der Waals surface area contributed by atoms with E-state index in [4.69, 9.17) is 21.1 Å². The molecule has 0 radical (unpaired) electrons. The molecule has 3 rings (SSSR count). The number of carbonyl (C=O) groups excluding carboxylic acids is 1. The third-order valence-electron chi connectivity index (χ3n) is 3.94. The number of nitrogens with zero attached hydrogens (tertiary/aromatic N) is 2. The first-order valence-corrected chi connectivity index (χ1v) is 9.79. The molecule has 2 aromatic heterocycles. The Morgan fingerprint density at radius 2 is 1.93 bits per heavy atom. The van der Waals surface area contributed by atoms with Crippen molar-refractivity contribution in [2.24, 2.45) is 0 Å². The van der Waals surface area contributed by atoms with Crippen LogP contribution in [-0.4, -0.2) is 30.1 Å². The van der Waals surface area contributed by atoms with Gasteiger partial charge in [0, 0.05) is 35.5 Å². The molecule has 0 aliphatic heterocycles. The van der Waals surface area contributed by atoms with Crippen LogP contribution in [0.3, 0.4) is 0 Å². The number of anilines is 1. The quantitative estimate of drug-likeness (QED) is 0.425. The van der Waals surface area contributed by atoms with E-state index in [9.17, 15) is 9.18 Å². The summed E-state index contributed by atoms with van der Waals surface area (Å²) in [6.07, 6.45) is 3.09. The number of amides is 1. The van der Waals surface area contributed by atoms with Crippen molar-refractivity contribution in [2.45, 2.75) is 10.8 Å². The lowest BCUT2D eigenvalue weighted by Crippen LogP contribution is -2.14. The first-order valence-electron chi connectivity index (χ1n) is 8.43. The van der Waals surface area contributed by atoms with Crippen molar-refractivity contribution in [3.63, 3.8) is 0 Å². The lowest BCUT2D eigenvalue weighted by atomic mass is 10.2. The molecule has 0 saturated heterocycles. The minimum absolute atomic E-state index is 0.0844. The molecule has 0 bridgehead atoms. The number of hydrogen-bond donors (Lipinski definition) is 1. The van der Waals surface area contributed by atoms with E-state index in [1.807, 2.05) is 6.07 Å². The molecule has 0 atom stereocenters. The first-order chi connectivity index (χ1) is 14.0. The van der Waals surface area contributed by atoms with Gasteiger partial charge in [0.15, 0.2) is 11.0 Å². The number of carbonyl (C=O) groups is 1. The van der Waals surface area contributed by atoms with Crippen molar-refractivity contribution in [1.29, 1.82) is 0 Å². The van der Waals surface area contributed by atoms with Crippen LogP contribution in [0.25, 0.3) is 0 Å². The van der Waals surface area contributed by atoms with E-state index >= 15 is 0 Å². The zero-order valence-corrected chi connectivity index (χ0v) is 17.2. The lowest BCUT2D eigenvalue weighted by molar-refractivity contribution is 0.102. The number of hydrogen-bond acceptors (Lipinski definition) is 6. The number of pyridine rings is 2. The van der Waals surface area contributed by atoms with Crippen LogP contribution in [0.4, 0.5) is 10.1 Å². The molecule has 1 aromatic carbocycles. The van der Waals surface area contributed by atoms with E-state index in [0.717, 1.165) is 11.6 Å². The van der Waals surface area contributed by atoms with Crippen LogP contribution in [0.5, 0.6) is 11.5 Å². The molecule has 0 saturated carbocycles. The fourth-order valence-corrected chi connectivity index (χ4v) is 3.66. The number of ether oxygens (including phenoxy) is 2. The van der Waals surface area contributed by atoms with E-state index in [2.05, 4.69) is 15.3 Å². The number of thioether (sulfide) groups is 1. The minimum atomic E-state index is -0.766. The summed E-state index contributed by atoms with van der Waals surface area (Å²) in [7, 11) is 3.13. The van der Waals surface area contributed by atoms with Crippen LogP contribution in [0.2, 0.25) is 5.15 Å². The molecule has 6 nitrogen and oxygen atoms in total. The highest BCUT2D eigenvalue weighted by atomic mass is 35.5.